The van der Waals surface area contributed by atoms with Gasteiger partial charge in [-0.3, -0.25) is 9.59 Å². The summed E-state index contributed by atoms with van der Waals surface area (Å²) >= 11 is 0. The average Bonchev–Trinajstić information content (AvgIpc) is 2.71. The van der Waals surface area contributed by atoms with Gasteiger partial charge in [0.1, 0.15) is 11.8 Å². The summed E-state index contributed by atoms with van der Waals surface area (Å²) in [5.41, 5.74) is 2.05. The normalized spacial score (nSPS) is 11.5. The molecule has 1 N–H and O–H groups in total. The van der Waals surface area contributed by atoms with Gasteiger partial charge in [0, 0.05) is 13.6 Å². The zero-order valence-electron chi connectivity index (χ0n) is 16.3. The van der Waals surface area contributed by atoms with E-state index in [1.165, 1.54) is 0 Å². The third-order valence-corrected chi connectivity index (χ3v) is 4.63. The molecule has 2 aromatic carbocycles. The van der Waals surface area contributed by atoms with Crippen LogP contribution in [-0.2, 0) is 22.4 Å². The fraction of sp³-hybridized carbons (Fsp3) is 0.364. The highest BCUT2D eigenvalue weighted by Crippen LogP contribution is 2.15. The third kappa shape index (κ3) is 5.84. The Morgan fingerprint density at radius 3 is 2.26 bits per heavy atom. The first-order valence-electron chi connectivity index (χ1n) is 9.27. The van der Waals surface area contributed by atoms with E-state index < -0.39 is 6.04 Å². The molecule has 0 radical (unpaired) electrons. The molecule has 144 valence electrons. The molecule has 0 saturated carbocycles. The Balaban J connectivity index is 2.15. The molecule has 2 amide bonds. The number of amides is 2. The smallest absolute Gasteiger partial charge is 0.242 e. The zero-order valence-corrected chi connectivity index (χ0v) is 16.3. The minimum absolute atomic E-state index is 0.0495. The number of rotatable bonds is 9. The Labute approximate surface area is 161 Å². The van der Waals surface area contributed by atoms with Gasteiger partial charge in [0.15, 0.2) is 0 Å². The fourth-order valence-corrected chi connectivity index (χ4v) is 3.08. The third-order valence-electron chi connectivity index (χ3n) is 4.63. The van der Waals surface area contributed by atoms with Crippen molar-refractivity contribution in [3.8, 4) is 5.75 Å². The van der Waals surface area contributed by atoms with Gasteiger partial charge in [-0.2, -0.15) is 0 Å². The molecule has 0 aromatic heterocycles. The van der Waals surface area contributed by atoms with Gasteiger partial charge in [-0.1, -0.05) is 49.4 Å². The first-order chi connectivity index (χ1) is 13.1. The molecule has 0 bridgehead atoms. The van der Waals surface area contributed by atoms with E-state index in [1.54, 1.807) is 19.1 Å². The Morgan fingerprint density at radius 1 is 1.04 bits per heavy atom. The quantitative estimate of drug-likeness (QED) is 0.740. The van der Waals surface area contributed by atoms with Crippen LogP contribution in [0, 0.1) is 0 Å². The summed E-state index contributed by atoms with van der Waals surface area (Å²) in [7, 11) is 3.22. The molecule has 1 atom stereocenters. The summed E-state index contributed by atoms with van der Waals surface area (Å²) < 4.78 is 5.16. The topological polar surface area (TPSA) is 58.6 Å². The van der Waals surface area contributed by atoms with E-state index in [1.807, 2.05) is 61.5 Å². The van der Waals surface area contributed by atoms with Crippen molar-refractivity contribution in [1.82, 2.24) is 10.2 Å². The van der Waals surface area contributed by atoms with E-state index in [0.717, 1.165) is 16.9 Å². The monoisotopic (exact) mass is 368 g/mol. The van der Waals surface area contributed by atoms with Crippen LogP contribution >= 0.6 is 0 Å². The second-order valence-corrected chi connectivity index (χ2v) is 6.39. The van der Waals surface area contributed by atoms with Gasteiger partial charge in [0.2, 0.25) is 11.8 Å². The largest absolute Gasteiger partial charge is 0.497 e. The molecule has 27 heavy (non-hydrogen) atoms. The van der Waals surface area contributed by atoms with Crippen LogP contribution in [0.3, 0.4) is 0 Å². The number of nitrogens with one attached hydrogen (secondary N) is 1. The number of hydrogen-bond donors (Lipinski definition) is 1. The van der Waals surface area contributed by atoms with E-state index in [4.69, 9.17) is 4.74 Å². The summed E-state index contributed by atoms with van der Waals surface area (Å²) in [5.74, 6) is 0.573. The highest BCUT2D eigenvalue weighted by Gasteiger charge is 2.27. The number of benzene rings is 2. The number of ether oxygens (including phenoxy) is 1. The average molecular weight is 368 g/mol. The molecular weight excluding hydrogens is 340 g/mol. The van der Waals surface area contributed by atoms with E-state index in [2.05, 4.69) is 5.32 Å². The molecule has 0 spiro atoms. The summed E-state index contributed by atoms with van der Waals surface area (Å²) in [5, 5.41) is 2.68. The van der Waals surface area contributed by atoms with Crippen molar-refractivity contribution in [2.75, 3.05) is 20.7 Å². The molecule has 0 aliphatic heterocycles. The second-order valence-electron chi connectivity index (χ2n) is 6.39. The Kier molecular flexibility index (Phi) is 7.86. The van der Waals surface area contributed by atoms with Crippen LogP contribution in [0.2, 0.25) is 0 Å². The SMILES string of the molecule is CC[C@H](C(=O)NC)N(CCc1ccccc1)C(=O)Cc1ccc(OC)cc1. The Bertz CT molecular complexity index is 729. The number of methoxy groups -OCH3 is 1. The van der Waals surface area contributed by atoms with E-state index in [-0.39, 0.29) is 18.2 Å². The molecule has 0 saturated heterocycles. The van der Waals surface area contributed by atoms with Crippen molar-refractivity contribution in [1.29, 1.82) is 0 Å². The van der Waals surface area contributed by atoms with Gasteiger partial charge in [0.05, 0.1) is 13.5 Å². The minimum Gasteiger partial charge on any atom is -0.497 e. The molecular formula is C22H28N2O3. The van der Waals surface area contributed by atoms with Crippen molar-refractivity contribution in [2.45, 2.75) is 32.2 Å². The zero-order chi connectivity index (χ0) is 19.6. The molecule has 0 fully saturated rings. The van der Waals surface area contributed by atoms with Crippen molar-refractivity contribution in [3.63, 3.8) is 0 Å². The Morgan fingerprint density at radius 2 is 1.70 bits per heavy atom. The van der Waals surface area contributed by atoms with Crippen molar-refractivity contribution >= 4 is 11.8 Å². The highest BCUT2D eigenvalue weighted by atomic mass is 16.5. The van der Waals surface area contributed by atoms with Crippen molar-refractivity contribution in [2.24, 2.45) is 0 Å². The Hall–Kier alpha value is -2.82. The first kappa shape index (κ1) is 20.5. The summed E-state index contributed by atoms with van der Waals surface area (Å²) in [6, 6.07) is 17.0. The fourth-order valence-electron chi connectivity index (χ4n) is 3.08. The molecule has 0 aliphatic rings. The maximum absolute atomic E-state index is 13.0. The number of nitrogens with zero attached hydrogens (tertiary/aromatic N) is 1. The van der Waals surface area contributed by atoms with Crippen LogP contribution in [-0.4, -0.2) is 43.5 Å². The highest BCUT2D eigenvalue weighted by molar-refractivity contribution is 5.88. The molecule has 0 aliphatic carbocycles. The van der Waals surface area contributed by atoms with E-state index in [0.29, 0.717) is 19.4 Å². The molecule has 2 aromatic rings. The molecule has 0 unspecified atom stereocenters. The lowest BCUT2D eigenvalue weighted by atomic mass is 10.1. The van der Waals surface area contributed by atoms with Crippen LogP contribution in [0.5, 0.6) is 5.75 Å². The number of carbonyl (C=O) groups is 2. The first-order valence-corrected chi connectivity index (χ1v) is 9.27. The second kappa shape index (κ2) is 10.4. The maximum Gasteiger partial charge on any atom is 0.242 e. The molecule has 5 heteroatoms. The lowest BCUT2D eigenvalue weighted by molar-refractivity contribution is -0.140. The van der Waals surface area contributed by atoms with Crippen LogP contribution in [0.25, 0.3) is 0 Å². The molecule has 2 rings (SSSR count). The van der Waals surface area contributed by atoms with Gasteiger partial charge in [0.25, 0.3) is 0 Å². The summed E-state index contributed by atoms with van der Waals surface area (Å²) in [6.45, 7) is 2.43. The summed E-state index contributed by atoms with van der Waals surface area (Å²) in [6.07, 6.45) is 1.54. The van der Waals surface area contributed by atoms with Crippen LogP contribution in [0.4, 0.5) is 0 Å². The lowest BCUT2D eigenvalue weighted by Crippen LogP contribution is -2.49. The van der Waals surface area contributed by atoms with Gasteiger partial charge < -0.3 is 15.0 Å². The minimum atomic E-state index is -0.468. The summed E-state index contributed by atoms with van der Waals surface area (Å²) in [4.78, 5) is 27.0. The van der Waals surface area contributed by atoms with E-state index >= 15 is 0 Å². The standard InChI is InChI=1S/C22H28N2O3/c1-4-20(22(26)23-2)24(15-14-17-8-6-5-7-9-17)21(25)16-18-10-12-19(27-3)13-11-18/h5-13,20H,4,14-16H2,1-3H3,(H,23,26)/t20-/m1/s1. The maximum atomic E-state index is 13.0. The van der Waals surface area contributed by atoms with Crippen LogP contribution in [0.1, 0.15) is 24.5 Å². The number of carbonyl (C=O) groups excluding carboxylic acids is 2. The van der Waals surface area contributed by atoms with Crippen LogP contribution in [0.15, 0.2) is 54.6 Å². The predicted octanol–water partition coefficient (Wildman–Crippen LogP) is 2.83. The lowest BCUT2D eigenvalue weighted by Gasteiger charge is -2.30. The van der Waals surface area contributed by atoms with Crippen molar-refractivity contribution in [3.05, 3.63) is 65.7 Å². The van der Waals surface area contributed by atoms with Gasteiger partial charge in [-0.05, 0) is 36.1 Å². The van der Waals surface area contributed by atoms with Gasteiger partial charge in [-0.25, -0.2) is 0 Å². The predicted molar refractivity (Wildman–Crippen MR) is 107 cm³/mol. The van der Waals surface area contributed by atoms with Gasteiger partial charge in [-0.15, -0.1) is 0 Å². The molecule has 5 nitrogen and oxygen atoms in total. The molecule has 0 heterocycles. The van der Waals surface area contributed by atoms with E-state index in [9.17, 15) is 9.59 Å². The van der Waals surface area contributed by atoms with Gasteiger partial charge >= 0.3 is 0 Å². The number of likely N-dealkylation sites (N-methyl/N-ethyl adjacent to an activating group) is 1. The number of hydrogen-bond acceptors (Lipinski definition) is 3. The van der Waals surface area contributed by atoms with Crippen LogP contribution < -0.4 is 10.1 Å². The van der Waals surface area contributed by atoms with Crippen molar-refractivity contribution < 1.29 is 14.3 Å².